The smallest absolute Gasteiger partial charge is 0.150 e. The molecule has 0 saturated carbocycles. The van der Waals surface area contributed by atoms with Crippen LogP contribution < -0.4 is 5.73 Å². The van der Waals surface area contributed by atoms with Crippen LogP contribution in [0, 0.1) is 0 Å². The topological polar surface area (TPSA) is 43.1 Å². The first-order chi connectivity index (χ1) is 6.24. The highest BCUT2D eigenvalue weighted by Crippen LogP contribution is 1.95. The monoisotopic (exact) mass is 179 g/mol. The van der Waals surface area contributed by atoms with Gasteiger partial charge in [0, 0.05) is 11.3 Å². The number of hydrogen-bond donors (Lipinski definition) is 1. The molecule has 0 saturated heterocycles. The third-order valence-electron chi connectivity index (χ3n) is 1.02. The highest BCUT2D eigenvalue weighted by atomic mass is 16.1. The van der Waals surface area contributed by atoms with E-state index in [-0.39, 0.29) is 0 Å². The van der Waals surface area contributed by atoms with Crippen LogP contribution in [0.25, 0.3) is 0 Å². The van der Waals surface area contributed by atoms with E-state index in [2.05, 4.69) is 13.2 Å². The Morgan fingerprint density at radius 2 is 1.85 bits per heavy atom. The lowest BCUT2D eigenvalue weighted by molar-refractivity contribution is -0.104. The number of carbonyl (C=O) groups excluding carboxylic acids is 1. The van der Waals surface area contributed by atoms with E-state index in [0.717, 1.165) is 0 Å². The normalized spacial score (nSPS) is 10.9. The van der Waals surface area contributed by atoms with Crippen molar-refractivity contribution in [3.8, 4) is 0 Å². The maximum absolute atomic E-state index is 10.2. The molecular formula is C11H17NO. The summed E-state index contributed by atoms with van der Waals surface area (Å²) in [6, 6.07) is 0. The van der Waals surface area contributed by atoms with Crippen LogP contribution in [0.15, 0.2) is 48.7 Å². The van der Waals surface area contributed by atoms with Gasteiger partial charge >= 0.3 is 0 Å². The Labute approximate surface area is 80.1 Å². The van der Waals surface area contributed by atoms with Gasteiger partial charge in [-0.05, 0) is 12.2 Å². The molecule has 2 heteroatoms. The first-order valence-corrected chi connectivity index (χ1v) is 4.12. The molecule has 0 aliphatic carbocycles. The zero-order valence-electron chi connectivity index (χ0n) is 8.29. The molecule has 2 nitrogen and oxygen atoms in total. The Kier molecular flexibility index (Phi) is 11.2. The van der Waals surface area contributed by atoms with E-state index >= 15 is 0 Å². The Morgan fingerprint density at radius 3 is 2.15 bits per heavy atom. The van der Waals surface area contributed by atoms with Crippen LogP contribution in [0.4, 0.5) is 0 Å². The van der Waals surface area contributed by atoms with Crippen LogP contribution in [-0.2, 0) is 4.79 Å². The fourth-order valence-corrected chi connectivity index (χ4v) is 0.518. The molecule has 0 spiro atoms. The van der Waals surface area contributed by atoms with Gasteiger partial charge in [0.05, 0.1) is 0 Å². The van der Waals surface area contributed by atoms with Crippen molar-refractivity contribution in [2.75, 3.05) is 0 Å². The Bertz CT molecular complexity index is 214. The summed E-state index contributed by atoms with van der Waals surface area (Å²) in [4.78, 5) is 10.2. The zero-order valence-corrected chi connectivity index (χ0v) is 8.29. The molecular weight excluding hydrogens is 162 g/mol. The van der Waals surface area contributed by atoms with Gasteiger partial charge in [0.15, 0.2) is 0 Å². The second-order valence-corrected chi connectivity index (χ2v) is 1.87. The third-order valence-corrected chi connectivity index (χ3v) is 1.02. The lowest BCUT2D eigenvalue weighted by Crippen LogP contribution is -1.93. The minimum Gasteiger partial charge on any atom is -0.399 e. The molecule has 0 heterocycles. The Balaban J connectivity index is 0. The van der Waals surface area contributed by atoms with Crippen LogP contribution in [0.1, 0.15) is 13.8 Å². The first kappa shape index (κ1) is 14.0. The van der Waals surface area contributed by atoms with Gasteiger partial charge in [-0.25, -0.2) is 0 Å². The van der Waals surface area contributed by atoms with Crippen molar-refractivity contribution in [2.24, 2.45) is 5.73 Å². The minimum absolute atomic E-state index is 0.459. The maximum Gasteiger partial charge on any atom is 0.150 e. The third kappa shape index (κ3) is 8.34. The van der Waals surface area contributed by atoms with E-state index in [4.69, 9.17) is 5.73 Å². The number of hydrogen-bond acceptors (Lipinski definition) is 2. The summed E-state index contributed by atoms with van der Waals surface area (Å²) >= 11 is 0. The molecule has 0 bridgehead atoms. The second kappa shape index (κ2) is 10.4. The van der Waals surface area contributed by atoms with Gasteiger partial charge in [-0.1, -0.05) is 39.2 Å². The highest BCUT2D eigenvalue weighted by Gasteiger charge is 1.86. The lowest BCUT2D eigenvalue weighted by Gasteiger charge is -1.90. The van der Waals surface area contributed by atoms with Gasteiger partial charge in [0.25, 0.3) is 0 Å². The van der Waals surface area contributed by atoms with Gasteiger partial charge in [-0.3, -0.25) is 4.79 Å². The molecule has 0 amide bonds. The Morgan fingerprint density at radius 1 is 1.31 bits per heavy atom. The van der Waals surface area contributed by atoms with E-state index in [1.807, 2.05) is 13.8 Å². The summed E-state index contributed by atoms with van der Waals surface area (Å²) in [6.07, 6.45) is 6.82. The quantitative estimate of drug-likeness (QED) is 0.409. The molecule has 13 heavy (non-hydrogen) atoms. The van der Waals surface area contributed by atoms with E-state index in [9.17, 15) is 4.79 Å². The van der Waals surface area contributed by atoms with Crippen LogP contribution in [0.2, 0.25) is 0 Å². The van der Waals surface area contributed by atoms with Crippen molar-refractivity contribution in [1.29, 1.82) is 0 Å². The molecule has 2 N–H and O–H groups in total. The van der Waals surface area contributed by atoms with Gasteiger partial charge in [0.2, 0.25) is 0 Å². The lowest BCUT2D eigenvalue weighted by atomic mass is 10.2. The predicted octanol–water partition coefficient (Wildman–Crippen LogP) is 2.35. The standard InChI is InChI=1S/C9H11NO.C2H6/c1-3-5-9(10)6-8(4-2)7-11;1-2/h3-7H,1-2,10H2;1-2H3/b8-6+,9-5+;. The van der Waals surface area contributed by atoms with E-state index in [0.29, 0.717) is 17.6 Å². The summed E-state index contributed by atoms with van der Waals surface area (Å²) in [5, 5.41) is 0. The number of aldehydes is 1. The number of allylic oxidation sites excluding steroid dienone is 5. The molecule has 0 atom stereocenters. The van der Waals surface area contributed by atoms with Crippen molar-refractivity contribution in [2.45, 2.75) is 13.8 Å². The molecule has 0 rings (SSSR count). The molecule has 0 radical (unpaired) electrons. The molecule has 0 aliphatic heterocycles. The highest BCUT2D eigenvalue weighted by molar-refractivity contribution is 5.78. The van der Waals surface area contributed by atoms with Gasteiger partial charge in [0.1, 0.15) is 6.29 Å². The van der Waals surface area contributed by atoms with Gasteiger partial charge in [-0.15, -0.1) is 0 Å². The predicted molar refractivity (Wildman–Crippen MR) is 58.2 cm³/mol. The van der Waals surface area contributed by atoms with Crippen molar-refractivity contribution in [1.82, 2.24) is 0 Å². The van der Waals surface area contributed by atoms with Crippen LogP contribution in [0.3, 0.4) is 0 Å². The SMILES string of the molecule is C=C/C=C(N)\C=C(/C=C)C=O.CC. The summed E-state index contributed by atoms with van der Waals surface area (Å²) < 4.78 is 0. The average Bonchev–Trinajstić information content (AvgIpc) is 2.18. The van der Waals surface area contributed by atoms with E-state index < -0.39 is 0 Å². The molecule has 0 aromatic carbocycles. The average molecular weight is 179 g/mol. The molecule has 72 valence electrons. The molecule has 0 fully saturated rings. The van der Waals surface area contributed by atoms with Crippen molar-refractivity contribution < 1.29 is 4.79 Å². The Hall–Kier alpha value is -1.57. The minimum atomic E-state index is 0.459. The summed E-state index contributed by atoms with van der Waals surface area (Å²) in [7, 11) is 0. The fraction of sp³-hybridized carbons (Fsp3) is 0.182. The maximum atomic E-state index is 10.2. The number of rotatable bonds is 4. The summed E-state index contributed by atoms with van der Waals surface area (Å²) in [5.41, 5.74) is 6.39. The van der Waals surface area contributed by atoms with Crippen LogP contribution in [0.5, 0.6) is 0 Å². The van der Waals surface area contributed by atoms with Crippen molar-refractivity contribution in [3.05, 3.63) is 48.7 Å². The van der Waals surface area contributed by atoms with E-state index in [1.54, 1.807) is 12.2 Å². The van der Waals surface area contributed by atoms with Gasteiger partial charge < -0.3 is 5.73 Å². The fourth-order valence-electron chi connectivity index (χ4n) is 0.518. The van der Waals surface area contributed by atoms with Crippen molar-refractivity contribution in [3.63, 3.8) is 0 Å². The molecule has 0 aromatic heterocycles. The van der Waals surface area contributed by atoms with E-state index in [1.165, 1.54) is 12.2 Å². The largest absolute Gasteiger partial charge is 0.399 e. The second-order valence-electron chi connectivity index (χ2n) is 1.87. The summed E-state index contributed by atoms with van der Waals surface area (Å²) in [5.74, 6) is 0. The first-order valence-electron chi connectivity index (χ1n) is 4.12. The van der Waals surface area contributed by atoms with Crippen molar-refractivity contribution >= 4 is 6.29 Å². The molecule has 0 aliphatic rings. The number of nitrogens with two attached hydrogens (primary N) is 1. The zero-order chi connectivity index (χ0) is 10.7. The summed E-state index contributed by atoms with van der Waals surface area (Å²) in [6.45, 7) is 10.9. The molecule has 0 unspecified atom stereocenters. The van der Waals surface area contributed by atoms with Crippen LogP contribution in [-0.4, -0.2) is 6.29 Å². The van der Waals surface area contributed by atoms with Gasteiger partial charge in [-0.2, -0.15) is 0 Å². The molecule has 0 aromatic rings. The number of carbonyl (C=O) groups is 1. The van der Waals surface area contributed by atoms with Crippen LogP contribution >= 0.6 is 0 Å².